The predicted octanol–water partition coefficient (Wildman–Crippen LogP) is 1.57. The summed E-state index contributed by atoms with van der Waals surface area (Å²) in [5.74, 6) is -0.483. The van der Waals surface area contributed by atoms with Gasteiger partial charge in [-0.15, -0.1) is 0 Å². The first kappa shape index (κ1) is 11.0. The van der Waals surface area contributed by atoms with Crippen molar-refractivity contribution in [2.75, 3.05) is 0 Å². The fourth-order valence-corrected chi connectivity index (χ4v) is 0.286. The van der Waals surface area contributed by atoms with Crippen LogP contribution in [0.1, 0.15) is 19.3 Å². The van der Waals surface area contributed by atoms with Crippen LogP contribution in [0.4, 0.5) is 0 Å². The van der Waals surface area contributed by atoms with Crippen LogP contribution >= 0.6 is 0 Å². The number of rotatable bonds is 3. The van der Waals surface area contributed by atoms with Crippen LogP contribution in [0.5, 0.6) is 0 Å². The Balaban J connectivity index is 0. The molecule has 0 spiro atoms. The van der Waals surface area contributed by atoms with Crippen LogP contribution in [-0.4, -0.2) is 5.91 Å². The van der Waals surface area contributed by atoms with Gasteiger partial charge in [0, 0.05) is 5.91 Å². The number of amides is 1. The van der Waals surface area contributed by atoms with Gasteiger partial charge in [0.1, 0.15) is 0 Å². The molecule has 0 fully saturated rings. The van der Waals surface area contributed by atoms with Crippen molar-refractivity contribution in [1.29, 1.82) is 0 Å². The molecule has 0 aliphatic carbocycles. The Labute approximate surface area is 64.1 Å². The van der Waals surface area contributed by atoms with Gasteiger partial charge in [0.25, 0.3) is 0 Å². The molecule has 0 aromatic heterocycles. The summed E-state index contributed by atoms with van der Waals surface area (Å²) in [6.45, 7) is 3.52. The molecule has 0 aromatic rings. The summed E-state index contributed by atoms with van der Waals surface area (Å²) in [5.41, 5.74) is 6.41. The molecule has 0 aromatic carbocycles. The van der Waals surface area contributed by atoms with Gasteiger partial charge in [0.15, 0.2) is 0 Å². The van der Waals surface area contributed by atoms with E-state index in [0.717, 1.165) is 12.8 Å². The van der Waals surface area contributed by atoms with Gasteiger partial charge in [0.05, 0.1) is 0 Å². The Kier molecular flexibility index (Phi) is 9.86. The standard InChI is InChI=1S/C5H10NO.W/c1-2-3-4-5(6)7;/h1-4H2,(H2,6,7);/q-1;+2/p-1. The van der Waals surface area contributed by atoms with Gasteiger partial charge >= 0.3 is 21.1 Å². The topological polar surface area (TPSA) is 40.9 Å². The van der Waals surface area contributed by atoms with Crippen LogP contribution < -0.4 is 0 Å². The Morgan fingerprint density at radius 2 is 2.12 bits per heavy atom. The van der Waals surface area contributed by atoms with E-state index in [1.165, 1.54) is 0 Å². The number of unbranched alkanes of at least 4 members (excludes halogenated alkanes) is 1. The molecule has 1 N–H and O–H groups in total. The van der Waals surface area contributed by atoms with Crippen LogP contribution in [0.15, 0.2) is 0 Å². The van der Waals surface area contributed by atoms with Crippen LogP contribution in [0.25, 0.3) is 5.73 Å². The first-order valence-corrected chi connectivity index (χ1v) is 2.31. The molecule has 3 heteroatoms. The summed E-state index contributed by atoms with van der Waals surface area (Å²) >= 11 is 0. The molecule has 0 bridgehead atoms. The Bertz CT molecular complexity index is 65.4. The summed E-state index contributed by atoms with van der Waals surface area (Å²) in [5, 5.41) is 0. The van der Waals surface area contributed by atoms with Gasteiger partial charge in [0.2, 0.25) is 0 Å². The number of hydrogen-bond donors (Lipinski definition) is 0. The van der Waals surface area contributed by atoms with Gasteiger partial charge in [-0.3, -0.25) is 0 Å². The molecule has 1 amide bonds. The summed E-state index contributed by atoms with van der Waals surface area (Å²) in [7, 11) is 0. The van der Waals surface area contributed by atoms with Gasteiger partial charge in [-0.2, -0.15) is 6.42 Å². The largest absolute Gasteiger partial charge is 2.00 e. The Morgan fingerprint density at radius 1 is 1.62 bits per heavy atom. The molecular formula is C5H9NOW. The van der Waals surface area contributed by atoms with Crippen molar-refractivity contribution in [2.24, 2.45) is 0 Å². The molecule has 0 saturated heterocycles. The first-order chi connectivity index (χ1) is 3.27. The molecular weight excluding hydrogens is 274 g/mol. The fourth-order valence-electron chi connectivity index (χ4n) is 0.286. The molecule has 0 aliphatic heterocycles. The SMILES string of the molecule is [CH2-]CCCC([NH-])=O.[W+2]. The summed E-state index contributed by atoms with van der Waals surface area (Å²) in [6, 6.07) is 0. The quantitative estimate of drug-likeness (QED) is 0.725. The van der Waals surface area contributed by atoms with Crippen LogP contribution in [0.3, 0.4) is 0 Å². The Morgan fingerprint density at radius 3 is 2.25 bits per heavy atom. The smallest absolute Gasteiger partial charge is 0.668 e. The second-order valence-electron chi connectivity index (χ2n) is 1.38. The van der Waals surface area contributed by atoms with E-state index >= 15 is 0 Å². The van der Waals surface area contributed by atoms with E-state index in [1.807, 2.05) is 0 Å². The maximum Gasteiger partial charge on any atom is 2.00 e. The molecule has 0 heterocycles. The van der Waals surface area contributed by atoms with Gasteiger partial charge in [-0.1, -0.05) is 6.42 Å². The van der Waals surface area contributed by atoms with E-state index < -0.39 is 5.91 Å². The molecule has 0 saturated carbocycles. The van der Waals surface area contributed by atoms with Gasteiger partial charge in [-0.05, 0) is 6.42 Å². The van der Waals surface area contributed by atoms with Gasteiger partial charge < -0.3 is 17.5 Å². The number of carbonyl (C=O) groups excluding carboxylic acids is 1. The molecule has 0 aliphatic rings. The maximum atomic E-state index is 9.84. The third-order valence-electron chi connectivity index (χ3n) is 0.654. The molecule has 2 nitrogen and oxygen atoms in total. The van der Waals surface area contributed by atoms with Crippen molar-refractivity contribution >= 4 is 5.91 Å². The third kappa shape index (κ3) is 9.48. The molecule has 0 rings (SSSR count). The average Bonchev–Trinajstić information content (AvgIpc) is 1.61. The molecule has 46 valence electrons. The van der Waals surface area contributed by atoms with Crippen molar-refractivity contribution in [2.45, 2.75) is 19.3 Å². The monoisotopic (exact) mass is 283 g/mol. The molecule has 0 radical (unpaired) electrons. The number of hydrogen-bond acceptors (Lipinski definition) is 1. The van der Waals surface area contributed by atoms with E-state index in [4.69, 9.17) is 5.73 Å². The second-order valence-corrected chi connectivity index (χ2v) is 1.38. The van der Waals surface area contributed by atoms with Crippen LogP contribution in [0.2, 0.25) is 0 Å². The summed E-state index contributed by atoms with van der Waals surface area (Å²) in [6.07, 6.45) is 1.87. The van der Waals surface area contributed by atoms with E-state index in [1.54, 1.807) is 0 Å². The number of nitrogens with one attached hydrogen (secondary N) is 1. The summed E-state index contributed by atoms with van der Waals surface area (Å²) < 4.78 is 0. The second kappa shape index (κ2) is 7.16. The van der Waals surface area contributed by atoms with Crippen LogP contribution in [0, 0.1) is 6.92 Å². The first-order valence-electron chi connectivity index (χ1n) is 2.31. The van der Waals surface area contributed by atoms with Crippen molar-refractivity contribution < 1.29 is 25.9 Å². The fraction of sp³-hybridized carbons (Fsp3) is 0.600. The van der Waals surface area contributed by atoms with Crippen molar-refractivity contribution in [3.8, 4) is 0 Å². The van der Waals surface area contributed by atoms with Crippen molar-refractivity contribution in [1.82, 2.24) is 0 Å². The zero-order valence-corrected chi connectivity index (χ0v) is 7.58. The normalized spacial score (nSPS) is 7.62. The molecule has 0 unspecified atom stereocenters. The minimum atomic E-state index is -0.483. The molecule has 8 heavy (non-hydrogen) atoms. The predicted molar refractivity (Wildman–Crippen MR) is 28.5 cm³/mol. The van der Waals surface area contributed by atoms with Crippen LogP contribution in [-0.2, 0) is 25.9 Å². The van der Waals surface area contributed by atoms with E-state index in [-0.39, 0.29) is 21.1 Å². The average molecular weight is 283 g/mol. The maximum absolute atomic E-state index is 9.84. The van der Waals surface area contributed by atoms with E-state index in [0.29, 0.717) is 6.42 Å². The van der Waals surface area contributed by atoms with E-state index in [2.05, 4.69) is 6.92 Å². The van der Waals surface area contributed by atoms with Gasteiger partial charge in [-0.25, -0.2) is 0 Å². The summed E-state index contributed by atoms with van der Waals surface area (Å²) in [4.78, 5) is 9.84. The van der Waals surface area contributed by atoms with Crippen molar-refractivity contribution in [3.05, 3.63) is 12.7 Å². The van der Waals surface area contributed by atoms with Crippen molar-refractivity contribution in [3.63, 3.8) is 0 Å². The molecule has 0 atom stereocenters. The zero-order valence-electron chi connectivity index (χ0n) is 4.64. The minimum absolute atomic E-state index is 0. The minimum Gasteiger partial charge on any atom is -0.668 e. The van der Waals surface area contributed by atoms with E-state index in [9.17, 15) is 4.79 Å². The number of carbonyl (C=O) groups is 1. The third-order valence-corrected chi connectivity index (χ3v) is 0.654. The Hall–Kier alpha value is 0.158. The zero-order chi connectivity index (χ0) is 5.70.